The topological polar surface area (TPSA) is 89.1 Å². The van der Waals surface area contributed by atoms with Gasteiger partial charge in [0.05, 0.1) is 23.3 Å². The third kappa shape index (κ3) is 2.82. The van der Waals surface area contributed by atoms with Gasteiger partial charge < -0.3 is 36.8 Å². The number of phenolic OH excluding ortho intramolecular Hbond substituents is 1. The van der Waals surface area contributed by atoms with Crippen LogP contribution in [0, 0.1) is 0 Å². The van der Waals surface area contributed by atoms with Crippen molar-refractivity contribution in [2.45, 2.75) is 6.54 Å². The average Bonchev–Trinajstić information content (AvgIpc) is 3.13. The number of carboxylic acid groups (broad SMARTS) is 1. The van der Waals surface area contributed by atoms with Crippen molar-refractivity contribution in [3.05, 3.63) is 42.6 Å². The first kappa shape index (κ1) is 18.9. The summed E-state index contributed by atoms with van der Waals surface area (Å²) in [6.07, 6.45) is 1.65. The summed E-state index contributed by atoms with van der Waals surface area (Å²) in [5, 5.41) is 23.9. The van der Waals surface area contributed by atoms with Gasteiger partial charge in [-0.2, -0.15) is 4.57 Å². The average molecular weight is 414 g/mol. The summed E-state index contributed by atoms with van der Waals surface area (Å²) in [6, 6.07) is 11.2. The molecule has 1 aliphatic heterocycles. The maximum Gasteiger partial charge on any atom is 0.370 e. The normalized spacial score (nSPS) is 12.3. The van der Waals surface area contributed by atoms with E-state index in [9.17, 15) is 15.0 Å². The van der Waals surface area contributed by atoms with Gasteiger partial charge in [0.15, 0.2) is 29.2 Å². The number of nitrogens with zero attached hydrogens (tertiary/aromatic N) is 1. The van der Waals surface area contributed by atoms with Crippen LogP contribution in [-0.2, 0) is 11.3 Å². The van der Waals surface area contributed by atoms with Crippen LogP contribution in [-0.4, -0.2) is 30.1 Å². The van der Waals surface area contributed by atoms with E-state index in [4.69, 9.17) is 14.2 Å². The Balaban J connectivity index is 0.00000205. The molecule has 0 unspecified atom stereocenters. The highest BCUT2D eigenvalue weighted by Crippen LogP contribution is 2.41. The fourth-order valence-electron chi connectivity index (χ4n) is 3.83. The minimum atomic E-state index is -0.981. The third-order valence-corrected chi connectivity index (χ3v) is 5.05. The minimum Gasteiger partial charge on any atom is -1.00 e. The smallest absolute Gasteiger partial charge is 0.370 e. The van der Waals surface area contributed by atoms with E-state index in [1.165, 1.54) is 7.11 Å². The lowest BCUT2D eigenvalue weighted by molar-refractivity contribution is -0.657. The molecule has 0 amide bonds. The van der Waals surface area contributed by atoms with E-state index in [1.54, 1.807) is 16.8 Å². The van der Waals surface area contributed by atoms with Crippen molar-refractivity contribution in [2.24, 2.45) is 0 Å². The molecule has 0 aliphatic carbocycles. The first-order chi connectivity index (χ1) is 13.6. The molecule has 2 heterocycles. The van der Waals surface area contributed by atoms with Gasteiger partial charge in [0.2, 0.25) is 18.9 Å². The number of methoxy groups -OCH3 is 1. The van der Waals surface area contributed by atoms with Gasteiger partial charge in [-0.1, -0.05) is 6.07 Å². The summed E-state index contributed by atoms with van der Waals surface area (Å²) in [5.74, 6) is 0.620. The Morgan fingerprint density at radius 3 is 2.52 bits per heavy atom. The molecule has 1 aromatic heterocycles. The summed E-state index contributed by atoms with van der Waals surface area (Å²) in [7, 11) is 1.48. The van der Waals surface area contributed by atoms with E-state index in [2.05, 4.69) is 0 Å². The van der Waals surface area contributed by atoms with Crippen LogP contribution in [0.5, 0.6) is 23.0 Å². The number of ether oxygens (including phenoxy) is 3. The number of halogens is 1. The number of fused-ring (bicyclic) bond motifs is 6. The van der Waals surface area contributed by atoms with E-state index in [0.717, 1.165) is 27.1 Å². The summed E-state index contributed by atoms with van der Waals surface area (Å²) in [5.41, 5.74) is 0.746. The first-order valence-corrected chi connectivity index (χ1v) is 8.67. The van der Waals surface area contributed by atoms with Crippen molar-refractivity contribution in [2.75, 3.05) is 13.9 Å². The number of rotatable bonds is 3. The van der Waals surface area contributed by atoms with Crippen molar-refractivity contribution in [1.82, 2.24) is 0 Å². The number of aromatic hydroxyl groups is 1. The SMILES string of the molecule is COc1ccc2c(c[n+](CC(=O)O)c3c4cc5c(cc4ccc23)OCO5)c1O.[Cl-]. The molecule has 148 valence electrons. The van der Waals surface area contributed by atoms with Gasteiger partial charge in [0, 0.05) is 5.39 Å². The maximum atomic E-state index is 11.5. The van der Waals surface area contributed by atoms with E-state index >= 15 is 0 Å². The Morgan fingerprint density at radius 2 is 1.79 bits per heavy atom. The van der Waals surface area contributed by atoms with Crippen molar-refractivity contribution in [3.63, 3.8) is 0 Å². The lowest BCUT2D eigenvalue weighted by Crippen LogP contribution is -3.00. The second-order valence-electron chi connectivity index (χ2n) is 6.62. The van der Waals surface area contributed by atoms with Crippen LogP contribution in [0.4, 0.5) is 0 Å². The molecular weight excluding hydrogens is 398 g/mol. The zero-order valence-corrected chi connectivity index (χ0v) is 16.1. The van der Waals surface area contributed by atoms with Crippen LogP contribution >= 0.6 is 0 Å². The Bertz CT molecular complexity index is 1300. The standard InChI is InChI=1S/C21H15NO6.ClH/c1-26-16-5-4-12-13-3-2-11-6-17-18(28-10-27-17)7-14(11)20(13)22(9-19(23)24)8-15(12)21(16)25;/h2-8H,9-10H2,1H3,(H,23,24);1H. The van der Waals surface area contributed by atoms with Gasteiger partial charge in [-0.05, 0) is 35.7 Å². The molecular formula is C21H16ClNO6. The summed E-state index contributed by atoms with van der Waals surface area (Å²) in [4.78, 5) is 11.5. The van der Waals surface area contributed by atoms with Crippen LogP contribution < -0.4 is 31.2 Å². The lowest BCUT2D eigenvalue weighted by atomic mass is 10.00. The lowest BCUT2D eigenvalue weighted by Gasteiger charge is -2.11. The van der Waals surface area contributed by atoms with Crippen LogP contribution in [0.2, 0.25) is 0 Å². The zero-order valence-electron chi connectivity index (χ0n) is 15.3. The van der Waals surface area contributed by atoms with E-state index in [-0.39, 0.29) is 31.5 Å². The number of carbonyl (C=O) groups is 1. The van der Waals surface area contributed by atoms with Gasteiger partial charge >= 0.3 is 5.97 Å². The Morgan fingerprint density at radius 1 is 1.07 bits per heavy atom. The molecule has 8 heteroatoms. The zero-order chi connectivity index (χ0) is 19.4. The molecule has 0 atom stereocenters. The highest BCUT2D eigenvalue weighted by Gasteiger charge is 2.24. The second-order valence-corrected chi connectivity index (χ2v) is 6.62. The van der Waals surface area contributed by atoms with Crippen LogP contribution in [0.1, 0.15) is 0 Å². The van der Waals surface area contributed by atoms with E-state index < -0.39 is 5.97 Å². The largest absolute Gasteiger partial charge is 1.00 e. The maximum absolute atomic E-state index is 11.5. The number of hydrogen-bond donors (Lipinski definition) is 2. The Hall–Kier alpha value is -3.45. The number of carboxylic acids is 1. The first-order valence-electron chi connectivity index (χ1n) is 8.67. The van der Waals surface area contributed by atoms with Gasteiger partial charge in [-0.25, -0.2) is 4.79 Å². The Labute approximate surface area is 171 Å². The highest BCUT2D eigenvalue weighted by atomic mass is 35.5. The molecule has 0 fully saturated rings. The molecule has 0 spiro atoms. The summed E-state index contributed by atoms with van der Waals surface area (Å²) >= 11 is 0. The van der Waals surface area contributed by atoms with Crippen molar-refractivity contribution < 1.29 is 46.2 Å². The molecule has 3 aromatic carbocycles. The molecule has 2 N–H and O–H groups in total. The minimum absolute atomic E-state index is 0. The number of phenols is 1. The van der Waals surface area contributed by atoms with Gasteiger partial charge in [0.1, 0.15) is 0 Å². The molecule has 4 aromatic rings. The number of aliphatic carboxylic acids is 1. The summed E-state index contributed by atoms with van der Waals surface area (Å²) in [6.45, 7) is -0.0913. The monoisotopic (exact) mass is 413 g/mol. The van der Waals surface area contributed by atoms with Gasteiger partial charge in [0.25, 0.3) is 0 Å². The third-order valence-electron chi connectivity index (χ3n) is 5.05. The molecule has 5 rings (SSSR count). The van der Waals surface area contributed by atoms with Crippen LogP contribution in [0.3, 0.4) is 0 Å². The molecule has 29 heavy (non-hydrogen) atoms. The fourth-order valence-corrected chi connectivity index (χ4v) is 3.83. The van der Waals surface area contributed by atoms with Gasteiger partial charge in [-0.15, -0.1) is 0 Å². The van der Waals surface area contributed by atoms with Crippen molar-refractivity contribution in [1.29, 1.82) is 0 Å². The number of benzene rings is 3. The summed E-state index contributed by atoms with van der Waals surface area (Å²) < 4.78 is 17.8. The van der Waals surface area contributed by atoms with E-state index in [1.807, 2.05) is 30.3 Å². The number of pyridine rings is 1. The Kier molecular flexibility index (Phi) is 4.47. The molecule has 0 saturated carbocycles. The van der Waals surface area contributed by atoms with Crippen molar-refractivity contribution >= 4 is 38.4 Å². The molecule has 0 bridgehead atoms. The van der Waals surface area contributed by atoms with Crippen LogP contribution in [0.25, 0.3) is 32.4 Å². The number of hydrogen-bond acceptors (Lipinski definition) is 5. The molecule has 7 nitrogen and oxygen atoms in total. The van der Waals surface area contributed by atoms with E-state index in [0.29, 0.717) is 22.6 Å². The van der Waals surface area contributed by atoms with Crippen LogP contribution in [0.15, 0.2) is 42.6 Å². The quantitative estimate of drug-likeness (QED) is 0.362. The second kappa shape index (κ2) is 6.86. The number of aromatic nitrogens is 1. The van der Waals surface area contributed by atoms with Crippen molar-refractivity contribution in [3.8, 4) is 23.0 Å². The predicted octanol–water partition coefficient (Wildman–Crippen LogP) is -0.0348. The molecule has 0 saturated heterocycles. The predicted molar refractivity (Wildman–Crippen MR) is 101 cm³/mol. The molecule has 0 radical (unpaired) electrons. The molecule has 1 aliphatic rings. The highest BCUT2D eigenvalue weighted by molar-refractivity contribution is 6.15. The van der Waals surface area contributed by atoms with Gasteiger partial charge in [-0.3, -0.25) is 0 Å². The fraction of sp³-hybridized carbons (Fsp3) is 0.143.